The fraction of sp³-hybridized carbons (Fsp3) is 0.355. The predicted octanol–water partition coefficient (Wildman–Crippen LogP) is 5.94. The van der Waals surface area contributed by atoms with Crippen LogP contribution in [0.1, 0.15) is 25.3 Å². The molecular formula is C31H36BrN3O4. The zero-order valence-corrected chi connectivity index (χ0v) is 23.8. The lowest BCUT2D eigenvalue weighted by molar-refractivity contribution is -0.143. The smallest absolute Gasteiger partial charge is 0.321 e. The summed E-state index contributed by atoms with van der Waals surface area (Å²) in [6, 6.07) is 27.6. The number of aromatic hydroxyl groups is 1. The lowest BCUT2D eigenvalue weighted by Crippen LogP contribution is -2.63. The number of anilines is 1. The van der Waals surface area contributed by atoms with Crippen molar-refractivity contribution in [3.63, 3.8) is 0 Å². The van der Waals surface area contributed by atoms with Crippen molar-refractivity contribution < 1.29 is 19.4 Å². The Morgan fingerprint density at radius 1 is 0.974 bits per heavy atom. The number of urea groups is 1. The van der Waals surface area contributed by atoms with Gasteiger partial charge in [-0.2, -0.15) is 0 Å². The van der Waals surface area contributed by atoms with Gasteiger partial charge in [0.25, 0.3) is 0 Å². The average Bonchev–Trinajstić information content (AvgIpc) is 2.91. The highest BCUT2D eigenvalue weighted by Gasteiger charge is 2.41. The average molecular weight is 595 g/mol. The second-order valence-electron chi connectivity index (χ2n) is 10.1. The normalized spacial score (nSPS) is 20.7. The second kappa shape index (κ2) is 14.1. The molecule has 2 aliphatic rings. The molecule has 2 amide bonds. The Bertz CT molecular complexity index is 1190. The van der Waals surface area contributed by atoms with E-state index < -0.39 is 0 Å². The molecule has 5 rings (SSSR count). The maximum atomic E-state index is 13.1. The standard InChI is InChI=1S/C25H31N3O4.C6H5Br/c1-18(29)32-17-20-11-12-28-22(13-19-5-3-2-4-6-19)14-23(28)16-27(15-20)25(31)26-21-7-9-24(30)10-8-21;7-6-4-2-1-3-5-6/h2-10,20,22-23,30H,11-17H2,1H3,(H,26,31);1-5H/t20?,22-,23-;/m1./s1. The van der Waals surface area contributed by atoms with Gasteiger partial charge in [-0.3, -0.25) is 9.69 Å². The van der Waals surface area contributed by atoms with Crippen LogP contribution in [0.15, 0.2) is 89.4 Å². The number of rotatable bonds is 5. The van der Waals surface area contributed by atoms with Gasteiger partial charge in [0.05, 0.1) is 6.61 Å². The van der Waals surface area contributed by atoms with E-state index in [4.69, 9.17) is 4.74 Å². The molecule has 0 aromatic heterocycles. The molecule has 2 fully saturated rings. The molecule has 3 atom stereocenters. The molecule has 8 heteroatoms. The van der Waals surface area contributed by atoms with Crippen LogP contribution >= 0.6 is 15.9 Å². The number of benzene rings is 3. The van der Waals surface area contributed by atoms with Crippen molar-refractivity contribution in [3.8, 4) is 5.75 Å². The fourth-order valence-electron chi connectivity index (χ4n) is 5.14. The molecule has 0 radical (unpaired) electrons. The molecule has 2 saturated heterocycles. The second-order valence-corrected chi connectivity index (χ2v) is 11.0. The van der Waals surface area contributed by atoms with Crippen LogP contribution in [0, 0.1) is 5.92 Å². The van der Waals surface area contributed by atoms with Crippen LogP contribution in [0.25, 0.3) is 0 Å². The molecule has 7 nitrogen and oxygen atoms in total. The topological polar surface area (TPSA) is 82.1 Å². The summed E-state index contributed by atoms with van der Waals surface area (Å²) < 4.78 is 6.43. The Morgan fingerprint density at radius 3 is 2.26 bits per heavy atom. The summed E-state index contributed by atoms with van der Waals surface area (Å²) in [6.07, 6.45) is 2.94. The van der Waals surface area contributed by atoms with E-state index in [0.717, 1.165) is 30.3 Å². The van der Waals surface area contributed by atoms with Gasteiger partial charge in [-0.15, -0.1) is 0 Å². The summed E-state index contributed by atoms with van der Waals surface area (Å²) in [7, 11) is 0. The number of nitrogens with zero attached hydrogens (tertiary/aromatic N) is 2. The summed E-state index contributed by atoms with van der Waals surface area (Å²) >= 11 is 3.31. The van der Waals surface area contributed by atoms with Crippen molar-refractivity contribution >= 4 is 33.6 Å². The first-order valence-electron chi connectivity index (χ1n) is 13.4. The summed E-state index contributed by atoms with van der Waals surface area (Å²) in [4.78, 5) is 28.8. The van der Waals surface area contributed by atoms with E-state index in [-0.39, 0.29) is 23.7 Å². The first-order valence-corrected chi connectivity index (χ1v) is 14.1. The Labute approximate surface area is 238 Å². The molecule has 0 aliphatic carbocycles. The summed E-state index contributed by atoms with van der Waals surface area (Å²) in [5.41, 5.74) is 1.97. The number of phenolic OH excluding ortho intramolecular Hbond substituents is 1. The van der Waals surface area contributed by atoms with Crippen LogP contribution in [-0.4, -0.2) is 65.2 Å². The zero-order chi connectivity index (χ0) is 27.6. The van der Waals surface area contributed by atoms with Crippen LogP contribution in [0.3, 0.4) is 0 Å². The van der Waals surface area contributed by atoms with E-state index >= 15 is 0 Å². The van der Waals surface area contributed by atoms with Gasteiger partial charge in [-0.25, -0.2) is 4.79 Å². The van der Waals surface area contributed by atoms with Gasteiger partial charge < -0.3 is 20.1 Å². The molecule has 206 valence electrons. The fourth-order valence-corrected chi connectivity index (χ4v) is 5.44. The van der Waals surface area contributed by atoms with Crippen LogP contribution in [0.2, 0.25) is 0 Å². The van der Waals surface area contributed by atoms with Crippen molar-refractivity contribution in [2.24, 2.45) is 5.92 Å². The third-order valence-corrected chi connectivity index (χ3v) is 7.69. The van der Waals surface area contributed by atoms with Crippen molar-refractivity contribution in [3.05, 3.63) is 95.0 Å². The maximum absolute atomic E-state index is 13.1. The number of carbonyl (C=O) groups excluding carboxylic acids is 2. The van der Waals surface area contributed by atoms with Crippen LogP contribution in [-0.2, 0) is 16.0 Å². The molecule has 2 aliphatic heterocycles. The molecule has 2 heterocycles. The summed E-state index contributed by atoms with van der Waals surface area (Å²) in [5.74, 6) is -0.0513. The predicted molar refractivity (Wildman–Crippen MR) is 157 cm³/mol. The number of phenols is 1. The lowest BCUT2D eigenvalue weighted by atomic mass is 9.85. The van der Waals surface area contributed by atoms with Gasteiger partial charge >= 0.3 is 12.0 Å². The monoisotopic (exact) mass is 593 g/mol. The third-order valence-electron chi connectivity index (χ3n) is 7.16. The number of carbonyl (C=O) groups is 2. The van der Waals surface area contributed by atoms with Crippen molar-refractivity contribution in [2.45, 2.75) is 38.3 Å². The van der Waals surface area contributed by atoms with E-state index in [1.807, 2.05) is 41.3 Å². The maximum Gasteiger partial charge on any atom is 0.321 e. The third kappa shape index (κ3) is 8.83. The number of esters is 1. The highest BCUT2D eigenvalue weighted by molar-refractivity contribution is 9.10. The van der Waals surface area contributed by atoms with Crippen LogP contribution < -0.4 is 5.32 Å². The van der Waals surface area contributed by atoms with Gasteiger partial charge in [-0.1, -0.05) is 64.5 Å². The number of nitrogens with one attached hydrogen (secondary N) is 1. The first kappa shape index (κ1) is 28.6. The lowest BCUT2D eigenvalue weighted by Gasteiger charge is -2.52. The number of fused-ring (bicyclic) bond motifs is 1. The van der Waals surface area contributed by atoms with Crippen molar-refractivity contribution in [2.75, 3.05) is 31.6 Å². The number of hydrogen-bond acceptors (Lipinski definition) is 5. The quantitative estimate of drug-likeness (QED) is 0.282. The Balaban J connectivity index is 0.000000438. The van der Waals surface area contributed by atoms with E-state index in [2.05, 4.69) is 50.4 Å². The summed E-state index contributed by atoms with van der Waals surface area (Å²) in [5, 5.41) is 12.4. The Kier molecular flexibility index (Phi) is 10.4. The van der Waals surface area contributed by atoms with Crippen LogP contribution in [0.4, 0.5) is 10.5 Å². The molecule has 0 saturated carbocycles. The van der Waals surface area contributed by atoms with E-state index in [0.29, 0.717) is 37.5 Å². The van der Waals surface area contributed by atoms with E-state index in [9.17, 15) is 14.7 Å². The highest BCUT2D eigenvalue weighted by atomic mass is 79.9. The van der Waals surface area contributed by atoms with Gasteiger partial charge in [0.2, 0.25) is 0 Å². The number of ether oxygens (including phenoxy) is 1. The van der Waals surface area contributed by atoms with Crippen molar-refractivity contribution in [1.82, 2.24) is 9.80 Å². The van der Waals surface area contributed by atoms with Gasteiger partial charge in [0, 0.05) is 48.2 Å². The number of hydrogen-bond donors (Lipinski definition) is 2. The SMILES string of the molecule is Brc1ccccc1.CC(=O)OCC1CCN2[C@H](Cc3ccccc3)C[C@@H]2CN(C(=O)Nc2ccc(O)cc2)C1. The minimum atomic E-state index is -0.295. The van der Waals surface area contributed by atoms with Gasteiger partial charge in [-0.05, 0) is 67.8 Å². The molecule has 0 bridgehead atoms. The number of amides is 2. The highest BCUT2D eigenvalue weighted by Crippen LogP contribution is 2.32. The van der Waals surface area contributed by atoms with E-state index in [1.54, 1.807) is 24.3 Å². The number of halogens is 1. The summed E-state index contributed by atoms with van der Waals surface area (Å²) in [6.45, 7) is 3.87. The largest absolute Gasteiger partial charge is 0.508 e. The molecule has 39 heavy (non-hydrogen) atoms. The molecule has 3 aromatic rings. The van der Waals surface area contributed by atoms with Crippen molar-refractivity contribution in [1.29, 1.82) is 0 Å². The Morgan fingerprint density at radius 2 is 1.64 bits per heavy atom. The molecule has 3 aromatic carbocycles. The van der Waals surface area contributed by atoms with Crippen LogP contribution in [0.5, 0.6) is 5.75 Å². The molecular weight excluding hydrogens is 558 g/mol. The molecule has 2 N–H and O–H groups in total. The van der Waals surface area contributed by atoms with E-state index in [1.165, 1.54) is 12.5 Å². The zero-order valence-electron chi connectivity index (χ0n) is 22.2. The minimum absolute atomic E-state index is 0.0865. The van der Waals surface area contributed by atoms with Gasteiger partial charge in [0.1, 0.15) is 5.75 Å². The molecule has 0 spiro atoms. The van der Waals surface area contributed by atoms with Gasteiger partial charge in [0.15, 0.2) is 0 Å². The minimum Gasteiger partial charge on any atom is -0.508 e. The first-order chi connectivity index (χ1) is 18.9. The Hall–Kier alpha value is -3.36. The molecule has 1 unspecified atom stereocenters.